The van der Waals surface area contributed by atoms with Gasteiger partial charge in [0.05, 0.1) is 24.5 Å². The molecule has 13 heteroatoms. The van der Waals surface area contributed by atoms with Crippen LogP contribution in [0.1, 0.15) is 104 Å². The Morgan fingerprint density at radius 3 is 1.51 bits per heavy atom. The predicted molar refractivity (Wildman–Crippen MR) is 228 cm³/mol. The molecule has 8 nitrogen and oxygen atoms in total. The number of sulfonamides is 1. The van der Waals surface area contributed by atoms with E-state index in [-0.39, 0.29) is 44.5 Å². The van der Waals surface area contributed by atoms with E-state index in [4.69, 9.17) is 5.73 Å². The van der Waals surface area contributed by atoms with Crippen molar-refractivity contribution >= 4 is 10.0 Å². The van der Waals surface area contributed by atoms with Gasteiger partial charge in [-0.25, -0.2) is 30.7 Å². The van der Waals surface area contributed by atoms with Crippen LogP contribution in [0.25, 0.3) is 0 Å². The maximum absolute atomic E-state index is 13.6. The third-order valence-electron chi connectivity index (χ3n) is 11.1. The van der Waals surface area contributed by atoms with Crippen LogP contribution in [0.2, 0.25) is 0 Å². The van der Waals surface area contributed by atoms with Gasteiger partial charge in [0, 0.05) is 43.3 Å². The Bertz CT molecular complexity index is 2050. The molecule has 6 rings (SSSR count). The molecule has 0 heterocycles. The number of halogens is 4. The van der Waals surface area contributed by atoms with Gasteiger partial charge in [-0.3, -0.25) is 0 Å². The molecule has 0 saturated heterocycles. The van der Waals surface area contributed by atoms with Gasteiger partial charge in [-0.2, -0.15) is 0 Å². The zero-order valence-corrected chi connectivity index (χ0v) is 34.4. The van der Waals surface area contributed by atoms with Crippen LogP contribution in [0.3, 0.4) is 0 Å². The summed E-state index contributed by atoms with van der Waals surface area (Å²) in [6.07, 6.45) is 7.43. The number of hydrogen-bond acceptors (Lipinski definition) is 7. The molecule has 0 bridgehead atoms. The molecule has 0 spiro atoms. The molecule has 6 atom stereocenters. The van der Waals surface area contributed by atoms with Crippen molar-refractivity contribution in [1.82, 2.24) is 15.4 Å². The van der Waals surface area contributed by atoms with Gasteiger partial charge in [0.15, 0.2) is 0 Å². The SMILES string of the molecule is C.CCc1ccc2c(c1)[C@@H](NC[C@@H](O)[C@@H](N)Cc1cc(F)cc(F)c1)CCC2.CCc1ccc2c(c1)[C@@H](NC[C@@H](O)[C@H](Cc1cc(F)cc(F)c1)NS(C)(=O)=O)CCC2. The van der Waals surface area contributed by atoms with Crippen LogP contribution in [-0.4, -0.2) is 62.3 Å². The van der Waals surface area contributed by atoms with E-state index in [9.17, 15) is 36.2 Å². The maximum atomic E-state index is 13.6. The highest BCUT2D eigenvalue weighted by Gasteiger charge is 2.27. The standard InChI is InChI=1S/C23H30F2N2O3S.C22H28F2N2O.CH4/c1-3-15-7-8-17-5-4-6-21(20(17)11-15)26-14-23(28)22(27-31(2,29)30)12-16-9-18(24)13-19(25)10-16;1-2-14-6-7-16-4-3-5-21(19(16)10-14)26-13-22(27)20(25)11-15-8-17(23)12-18(24)9-15;/h7-11,13,21-23,26-28H,3-6,12,14H2,1-2H3;6-10,12,20-22,26-27H,2-5,11,13,25H2,1H3;1H4/t21-,22-,23+;20-,21-,22+;/m00./s1. The summed E-state index contributed by atoms with van der Waals surface area (Å²) < 4.78 is 79.8. The highest BCUT2D eigenvalue weighted by Crippen LogP contribution is 2.32. The topological polar surface area (TPSA) is 137 Å². The lowest BCUT2D eigenvalue weighted by Crippen LogP contribution is -2.49. The molecule has 0 unspecified atom stereocenters. The quantitative estimate of drug-likeness (QED) is 0.0665. The third-order valence-corrected chi connectivity index (χ3v) is 11.8. The summed E-state index contributed by atoms with van der Waals surface area (Å²) in [6, 6.07) is 18.3. The summed E-state index contributed by atoms with van der Waals surface area (Å²) in [4.78, 5) is 0. The van der Waals surface area contributed by atoms with Gasteiger partial charge in [-0.05, 0) is 133 Å². The Kier molecular flexibility index (Phi) is 18.1. The van der Waals surface area contributed by atoms with Gasteiger partial charge >= 0.3 is 0 Å². The molecule has 0 saturated carbocycles. The molecule has 0 amide bonds. The molecule has 324 valence electrons. The monoisotopic (exact) mass is 842 g/mol. The Morgan fingerprint density at radius 2 is 1.08 bits per heavy atom. The average Bonchev–Trinajstić information content (AvgIpc) is 3.17. The zero-order valence-electron chi connectivity index (χ0n) is 33.6. The minimum Gasteiger partial charge on any atom is -0.390 e. The molecule has 2 aliphatic rings. The molecule has 0 aliphatic heterocycles. The lowest BCUT2D eigenvalue weighted by Gasteiger charge is -2.30. The second-order valence-corrected chi connectivity index (χ2v) is 17.5. The molecule has 0 radical (unpaired) electrons. The first-order chi connectivity index (χ1) is 27.6. The van der Waals surface area contributed by atoms with E-state index >= 15 is 0 Å². The van der Waals surface area contributed by atoms with Crippen molar-refractivity contribution in [2.75, 3.05) is 19.3 Å². The van der Waals surface area contributed by atoms with E-state index < -0.39 is 57.6 Å². The molecule has 0 aromatic heterocycles. The lowest BCUT2D eigenvalue weighted by atomic mass is 9.86. The Morgan fingerprint density at radius 1 is 0.661 bits per heavy atom. The molecular weight excluding hydrogens is 781 g/mol. The second-order valence-electron chi connectivity index (χ2n) is 15.7. The number of nitrogens with two attached hydrogens (primary N) is 1. The Hall–Kier alpha value is -3.69. The summed E-state index contributed by atoms with van der Waals surface area (Å²) in [5.41, 5.74) is 14.5. The molecule has 0 fully saturated rings. The smallest absolute Gasteiger partial charge is 0.209 e. The van der Waals surface area contributed by atoms with Crippen LogP contribution < -0.4 is 21.1 Å². The largest absolute Gasteiger partial charge is 0.390 e. The van der Waals surface area contributed by atoms with Crippen molar-refractivity contribution in [3.8, 4) is 0 Å². The van der Waals surface area contributed by atoms with E-state index in [0.29, 0.717) is 12.1 Å². The van der Waals surface area contributed by atoms with Crippen LogP contribution in [0.15, 0.2) is 72.8 Å². The van der Waals surface area contributed by atoms with Gasteiger partial charge < -0.3 is 26.6 Å². The second kappa shape index (κ2) is 22.2. The highest BCUT2D eigenvalue weighted by atomic mass is 32.2. The summed E-state index contributed by atoms with van der Waals surface area (Å²) in [5, 5.41) is 28.0. The number of aliphatic hydroxyl groups excluding tert-OH is 2. The van der Waals surface area contributed by atoms with Crippen molar-refractivity contribution in [3.63, 3.8) is 0 Å². The zero-order chi connectivity index (χ0) is 42.0. The molecule has 59 heavy (non-hydrogen) atoms. The first-order valence-electron chi connectivity index (χ1n) is 20.3. The third kappa shape index (κ3) is 14.5. The summed E-state index contributed by atoms with van der Waals surface area (Å²) >= 11 is 0. The van der Waals surface area contributed by atoms with Crippen LogP contribution in [0.5, 0.6) is 0 Å². The van der Waals surface area contributed by atoms with Gasteiger partial charge in [0.2, 0.25) is 10.0 Å². The fourth-order valence-corrected chi connectivity index (χ4v) is 8.82. The molecule has 7 N–H and O–H groups in total. The molecule has 4 aromatic rings. The van der Waals surface area contributed by atoms with Gasteiger partial charge in [-0.15, -0.1) is 0 Å². The summed E-state index contributed by atoms with van der Waals surface area (Å²) in [6.45, 7) is 4.74. The number of aliphatic hydroxyl groups is 2. The summed E-state index contributed by atoms with van der Waals surface area (Å²) in [5.74, 6) is -2.75. The Labute approximate surface area is 348 Å². The van der Waals surface area contributed by atoms with E-state index in [1.807, 2.05) is 0 Å². The van der Waals surface area contributed by atoms with Crippen molar-refractivity contribution in [3.05, 3.63) is 141 Å². The normalized spacial score (nSPS) is 18.3. The number of aryl methyl sites for hydroxylation is 4. The van der Waals surface area contributed by atoms with Crippen LogP contribution in [-0.2, 0) is 48.5 Å². The maximum Gasteiger partial charge on any atom is 0.209 e. The van der Waals surface area contributed by atoms with Crippen LogP contribution >= 0.6 is 0 Å². The lowest BCUT2D eigenvalue weighted by molar-refractivity contribution is 0.130. The van der Waals surface area contributed by atoms with E-state index in [0.717, 1.165) is 81.9 Å². The predicted octanol–water partition coefficient (Wildman–Crippen LogP) is 7.08. The van der Waals surface area contributed by atoms with Crippen molar-refractivity contribution < 1.29 is 36.2 Å². The fourth-order valence-electron chi connectivity index (χ4n) is 8.03. The highest BCUT2D eigenvalue weighted by molar-refractivity contribution is 7.88. The minimum atomic E-state index is -3.63. The van der Waals surface area contributed by atoms with E-state index in [2.05, 4.69) is 65.6 Å². The van der Waals surface area contributed by atoms with Crippen LogP contribution in [0, 0.1) is 23.3 Å². The number of fused-ring (bicyclic) bond motifs is 2. The van der Waals surface area contributed by atoms with Gasteiger partial charge in [-0.1, -0.05) is 57.7 Å². The molecular formula is C46H62F4N4O4S. The van der Waals surface area contributed by atoms with Crippen molar-refractivity contribution in [2.45, 2.75) is 122 Å². The first-order valence-corrected chi connectivity index (χ1v) is 22.2. The van der Waals surface area contributed by atoms with E-state index in [1.54, 1.807) is 0 Å². The van der Waals surface area contributed by atoms with Crippen molar-refractivity contribution in [2.24, 2.45) is 5.73 Å². The Balaban J connectivity index is 0.000000259. The van der Waals surface area contributed by atoms with E-state index in [1.165, 1.54) is 45.5 Å². The number of rotatable bonds is 16. The molecule has 4 aromatic carbocycles. The van der Waals surface area contributed by atoms with Gasteiger partial charge in [0.25, 0.3) is 0 Å². The minimum absolute atomic E-state index is 0. The summed E-state index contributed by atoms with van der Waals surface area (Å²) in [7, 11) is -3.63. The number of nitrogens with one attached hydrogen (secondary N) is 3. The van der Waals surface area contributed by atoms with Gasteiger partial charge in [0.1, 0.15) is 23.3 Å². The van der Waals surface area contributed by atoms with Crippen molar-refractivity contribution in [1.29, 1.82) is 0 Å². The first kappa shape index (κ1) is 48.0. The van der Waals surface area contributed by atoms with Crippen LogP contribution in [0.4, 0.5) is 17.6 Å². The number of benzene rings is 4. The fraction of sp³-hybridized carbons (Fsp3) is 0.478. The average molecular weight is 843 g/mol. The molecule has 2 aliphatic carbocycles. The number of hydrogen-bond donors (Lipinski definition) is 6.